The highest BCUT2D eigenvalue weighted by molar-refractivity contribution is 8.00. The van der Waals surface area contributed by atoms with E-state index in [0.29, 0.717) is 33.8 Å². The van der Waals surface area contributed by atoms with Gasteiger partial charge in [0.05, 0.1) is 22.8 Å². The summed E-state index contributed by atoms with van der Waals surface area (Å²) in [6, 6.07) is 29.8. The standard InChI is InChI=1S/C40H35FN4O6S2/c1-4-32(37(48)45-39-33(40(50)51-3)24(2)34(53-39)38(49)42-27-17-9-6-10-18-27)52-29-20-13-19-28(23-29)43-36(47)31(22-26-16-11-12-21-30(26)41)44-35(46)25-14-7-5-8-15-25/h5-23,32H,4H2,1-3H3,(H,42,49)(H,43,47)(H,44,46)(H,45,48)/b31-22-. The summed E-state index contributed by atoms with van der Waals surface area (Å²) in [6.07, 6.45) is 1.65. The molecule has 4 amide bonds. The molecule has 0 fully saturated rings. The van der Waals surface area contributed by atoms with Gasteiger partial charge < -0.3 is 26.0 Å². The molecule has 1 aromatic heterocycles. The molecule has 0 saturated carbocycles. The molecular formula is C40H35FN4O6S2. The second-order valence-corrected chi connectivity index (χ2v) is 13.8. The maximum Gasteiger partial charge on any atom is 0.341 e. The summed E-state index contributed by atoms with van der Waals surface area (Å²) < 4.78 is 19.5. The number of para-hydroxylation sites is 1. The molecule has 5 aromatic rings. The SMILES string of the molecule is CCC(Sc1cccc(NC(=O)/C(=C/c2ccccc2F)NC(=O)c2ccccc2)c1)C(=O)Nc1sc(C(=O)Nc2ccccc2)c(C)c1C(=O)OC. The number of amides is 4. The van der Waals surface area contributed by atoms with Crippen molar-refractivity contribution in [2.24, 2.45) is 0 Å². The first-order valence-corrected chi connectivity index (χ1v) is 18.1. The molecule has 4 N–H and O–H groups in total. The zero-order valence-corrected chi connectivity index (χ0v) is 30.5. The highest BCUT2D eigenvalue weighted by Gasteiger charge is 2.28. The van der Waals surface area contributed by atoms with E-state index >= 15 is 0 Å². The number of ether oxygens (including phenoxy) is 1. The maximum atomic E-state index is 14.6. The van der Waals surface area contributed by atoms with Gasteiger partial charge in [-0.3, -0.25) is 19.2 Å². The number of thioether (sulfide) groups is 1. The van der Waals surface area contributed by atoms with Crippen molar-refractivity contribution in [3.05, 3.63) is 148 Å². The summed E-state index contributed by atoms with van der Waals surface area (Å²) in [5.74, 6) is -3.36. The minimum Gasteiger partial charge on any atom is -0.465 e. The van der Waals surface area contributed by atoms with Gasteiger partial charge >= 0.3 is 5.97 Å². The smallest absolute Gasteiger partial charge is 0.341 e. The summed E-state index contributed by atoms with van der Waals surface area (Å²) in [7, 11) is 1.22. The van der Waals surface area contributed by atoms with Crippen molar-refractivity contribution in [1.29, 1.82) is 0 Å². The molecule has 0 aliphatic rings. The lowest BCUT2D eigenvalue weighted by atomic mass is 10.1. The van der Waals surface area contributed by atoms with Gasteiger partial charge in [0.2, 0.25) is 5.91 Å². The molecule has 0 aliphatic heterocycles. The average Bonchev–Trinajstić information content (AvgIpc) is 3.49. The lowest BCUT2D eigenvalue weighted by Crippen LogP contribution is -2.30. The van der Waals surface area contributed by atoms with Crippen LogP contribution in [0.2, 0.25) is 0 Å². The Bertz CT molecular complexity index is 2170. The third kappa shape index (κ3) is 9.84. The molecule has 0 saturated heterocycles. The molecule has 5 rings (SSSR count). The quantitative estimate of drug-likeness (QED) is 0.0541. The number of carbonyl (C=O) groups excluding carboxylic acids is 5. The monoisotopic (exact) mass is 750 g/mol. The van der Waals surface area contributed by atoms with Crippen LogP contribution in [-0.2, 0) is 14.3 Å². The summed E-state index contributed by atoms with van der Waals surface area (Å²) in [5, 5.41) is 10.5. The van der Waals surface area contributed by atoms with Crippen molar-refractivity contribution >= 4 is 75.1 Å². The number of hydrogen-bond donors (Lipinski definition) is 4. The first-order valence-electron chi connectivity index (χ1n) is 16.4. The Balaban J connectivity index is 1.32. The number of rotatable bonds is 13. The second-order valence-electron chi connectivity index (χ2n) is 11.5. The van der Waals surface area contributed by atoms with E-state index in [9.17, 15) is 28.4 Å². The molecule has 0 bridgehead atoms. The Morgan fingerprint density at radius 2 is 1.47 bits per heavy atom. The topological polar surface area (TPSA) is 143 Å². The van der Waals surface area contributed by atoms with Gasteiger partial charge in [0.15, 0.2) is 0 Å². The highest BCUT2D eigenvalue weighted by Crippen LogP contribution is 2.36. The molecule has 0 aliphatic carbocycles. The predicted molar refractivity (Wildman–Crippen MR) is 207 cm³/mol. The largest absolute Gasteiger partial charge is 0.465 e. The number of nitrogens with one attached hydrogen (secondary N) is 4. The number of benzene rings is 4. The number of anilines is 3. The fourth-order valence-corrected chi connectivity index (χ4v) is 7.20. The van der Waals surface area contributed by atoms with Crippen molar-refractivity contribution in [3.63, 3.8) is 0 Å². The van der Waals surface area contributed by atoms with E-state index in [0.717, 1.165) is 11.3 Å². The summed E-state index contributed by atoms with van der Waals surface area (Å²) in [6.45, 7) is 3.45. The predicted octanol–water partition coefficient (Wildman–Crippen LogP) is 8.15. The van der Waals surface area contributed by atoms with Gasteiger partial charge in [-0.2, -0.15) is 0 Å². The summed E-state index contributed by atoms with van der Waals surface area (Å²) in [5.41, 5.74) is 1.63. The van der Waals surface area contributed by atoms with E-state index in [2.05, 4.69) is 21.3 Å². The molecule has 1 atom stereocenters. The Morgan fingerprint density at radius 3 is 2.15 bits per heavy atom. The van der Waals surface area contributed by atoms with Crippen LogP contribution >= 0.6 is 23.1 Å². The van der Waals surface area contributed by atoms with Crippen molar-refractivity contribution in [2.75, 3.05) is 23.1 Å². The number of methoxy groups -OCH3 is 1. The van der Waals surface area contributed by atoms with Gasteiger partial charge in [-0.25, -0.2) is 9.18 Å². The van der Waals surface area contributed by atoms with Gasteiger partial charge in [-0.15, -0.1) is 23.1 Å². The summed E-state index contributed by atoms with van der Waals surface area (Å²) >= 11 is 2.20. The molecule has 0 spiro atoms. The number of thiophene rings is 1. The molecule has 13 heteroatoms. The van der Waals surface area contributed by atoms with Gasteiger partial charge in [0, 0.05) is 27.4 Å². The molecule has 0 radical (unpaired) electrons. The van der Waals surface area contributed by atoms with Crippen LogP contribution in [0, 0.1) is 12.7 Å². The van der Waals surface area contributed by atoms with Crippen LogP contribution in [0.1, 0.15) is 54.9 Å². The van der Waals surface area contributed by atoms with Gasteiger partial charge in [0.1, 0.15) is 16.5 Å². The fraction of sp³-hybridized carbons (Fsp3) is 0.125. The Morgan fingerprint density at radius 1 is 0.811 bits per heavy atom. The minimum atomic E-state index is -0.694. The first kappa shape index (κ1) is 38.2. The van der Waals surface area contributed by atoms with E-state index in [-0.39, 0.29) is 26.7 Å². The van der Waals surface area contributed by atoms with Crippen molar-refractivity contribution in [2.45, 2.75) is 30.4 Å². The molecule has 1 heterocycles. The van der Waals surface area contributed by atoms with Crippen molar-refractivity contribution < 1.29 is 33.1 Å². The van der Waals surface area contributed by atoms with E-state index in [1.165, 1.54) is 43.1 Å². The fourth-order valence-electron chi connectivity index (χ4n) is 5.09. The average molecular weight is 751 g/mol. The highest BCUT2D eigenvalue weighted by atomic mass is 32.2. The van der Waals surface area contributed by atoms with Gasteiger partial charge in [-0.1, -0.05) is 67.6 Å². The van der Waals surface area contributed by atoms with Crippen molar-refractivity contribution in [3.8, 4) is 0 Å². The lowest BCUT2D eigenvalue weighted by molar-refractivity contribution is -0.116. The van der Waals surface area contributed by atoms with Crippen LogP contribution in [0.15, 0.2) is 120 Å². The number of esters is 1. The van der Waals surface area contributed by atoms with Gasteiger partial charge in [-0.05, 0) is 73.5 Å². The molecule has 53 heavy (non-hydrogen) atoms. The second kappa shape index (κ2) is 17.9. The molecule has 1 unspecified atom stereocenters. The first-order chi connectivity index (χ1) is 25.6. The Kier molecular flexibility index (Phi) is 12.9. The van der Waals surface area contributed by atoms with E-state index in [1.807, 2.05) is 13.0 Å². The van der Waals surface area contributed by atoms with Crippen LogP contribution in [0.5, 0.6) is 0 Å². The van der Waals surface area contributed by atoms with E-state index < -0.39 is 40.7 Å². The molecule has 4 aromatic carbocycles. The number of halogens is 1. The number of hydrogen-bond acceptors (Lipinski definition) is 8. The van der Waals surface area contributed by atoms with Crippen LogP contribution in [-0.4, -0.2) is 42.0 Å². The third-order valence-corrected chi connectivity index (χ3v) is 10.3. The van der Waals surface area contributed by atoms with Gasteiger partial charge in [0.25, 0.3) is 17.7 Å². The summed E-state index contributed by atoms with van der Waals surface area (Å²) in [4.78, 5) is 67.0. The van der Waals surface area contributed by atoms with Crippen LogP contribution in [0.3, 0.4) is 0 Å². The molecule has 10 nitrogen and oxygen atoms in total. The Hall–Kier alpha value is -6.05. The van der Waals surface area contributed by atoms with E-state index in [4.69, 9.17) is 4.74 Å². The zero-order chi connectivity index (χ0) is 37.9. The normalized spacial score (nSPS) is 11.6. The van der Waals surface area contributed by atoms with Crippen molar-refractivity contribution in [1.82, 2.24) is 5.32 Å². The maximum absolute atomic E-state index is 14.6. The lowest BCUT2D eigenvalue weighted by Gasteiger charge is -2.16. The van der Waals surface area contributed by atoms with Crippen LogP contribution < -0.4 is 21.3 Å². The van der Waals surface area contributed by atoms with Crippen LogP contribution in [0.4, 0.5) is 20.8 Å². The minimum absolute atomic E-state index is 0.0900. The third-order valence-electron chi connectivity index (χ3n) is 7.78. The van der Waals surface area contributed by atoms with Crippen LogP contribution in [0.25, 0.3) is 6.08 Å². The zero-order valence-electron chi connectivity index (χ0n) is 28.9. The number of carbonyl (C=O) groups is 5. The molecular weight excluding hydrogens is 716 g/mol. The Labute approximate surface area is 313 Å². The van der Waals surface area contributed by atoms with E-state index in [1.54, 1.807) is 91.9 Å². The molecule has 270 valence electrons.